The lowest BCUT2D eigenvalue weighted by Crippen LogP contribution is -2.24. The molecule has 1 amide bonds. The van der Waals surface area contributed by atoms with Crippen LogP contribution in [0.15, 0.2) is 48.1 Å². The number of amides is 1. The number of fused-ring (bicyclic) bond motifs is 1. The second-order valence-corrected chi connectivity index (χ2v) is 5.14. The maximum atomic E-state index is 11.8. The normalized spacial score (nSPS) is 10.7. The first kappa shape index (κ1) is 13.5. The van der Waals surface area contributed by atoms with Gasteiger partial charge in [-0.25, -0.2) is 4.98 Å². The highest BCUT2D eigenvalue weighted by Gasteiger charge is 2.09. The van der Waals surface area contributed by atoms with Crippen LogP contribution in [-0.4, -0.2) is 36.2 Å². The molecule has 0 bridgehead atoms. The average molecular weight is 300 g/mol. The van der Waals surface area contributed by atoms with Crippen molar-refractivity contribution in [1.82, 2.24) is 29.9 Å². The zero-order chi connectivity index (χ0) is 14.5. The molecule has 3 aromatic heterocycles. The third-order valence-corrected chi connectivity index (χ3v) is 3.65. The maximum Gasteiger partial charge on any atom is 0.255 e. The molecule has 0 atom stereocenters. The summed E-state index contributed by atoms with van der Waals surface area (Å²) in [5.74, 6) is 0.732. The third kappa shape index (κ3) is 3.34. The molecule has 0 fully saturated rings. The van der Waals surface area contributed by atoms with Gasteiger partial charge in [0.2, 0.25) is 5.91 Å². The number of hydrogen-bond donors (Lipinski definition) is 1. The number of hydrogen-bond acceptors (Lipinski definition) is 6. The summed E-state index contributed by atoms with van der Waals surface area (Å²) in [6.07, 6.45) is 6.90. The van der Waals surface area contributed by atoms with E-state index in [-0.39, 0.29) is 11.7 Å². The summed E-state index contributed by atoms with van der Waals surface area (Å²) in [6, 6.07) is 5.55. The molecule has 106 valence electrons. The minimum atomic E-state index is -0.0653. The fourth-order valence-corrected chi connectivity index (χ4v) is 2.45. The fraction of sp³-hybridized carbons (Fsp3) is 0.154. The van der Waals surface area contributed by atoms with Crippen LogP contribution in [0.2, 0.25) is 0 Å². The van der Waals surface area contributed by atoms with E-state index in [1.165, 1.54) is 11.8 Å². The summed E-state index contributed by atoms with van der Waals surface area (Å²) >= 11 is 1.32. The Balaban J connectivity index is 1.54. The van der Waals surface area contributed by atoms with Crippen molar-refractivity contribution in [3.63, 3.8) is 0 Å². The molecule has 0 unspecified atom stereocenters. The Morgan fingerprint density at radius 2 is 2.24 bits per heavy atom. The first-order valence-corrected chi connectivity index (χ1v) is 7.25. The van der Waals surface area contributed by atoms with E-state index >= 15 is 0 Å². The number of rotatable bonds is 5. The summed E-state index contributed by atoms with van der Waals surface area (Å²) in [7, 11) is 0. The van der Waals surface area contributed by atoms with Crippen LogP contribution in [0, 0.1) is 0 Å². The molecular formula is C13H12N6OS. The largest absolute Gasteiger partial charge is 0.351 e. The smallest absolute Gasteiger partial charge is 0.255 e. The molecule has 0 radical (unpaired) electrons. The van der Waals surface area contributed by atoms with Gasteiger partial charge in [0.15, 0.2) is 5.16 Å². The molecular weight excluding hydrogens is 288 g/mol. The van der Waals surface area contributed by atoms with Gasteiger partial charge in [-0.15, -0.1) is 10.2 Å². The van der Waals surface area contributed by atoms with Crippen LogP contribution in [-0.2, 0) is 11.3 Å². The van der Waals surface area contributed by atoms with Gasteiger partial charge in [-0.3, -0.25) is 14.2 Å². The van der Waals surface area contributed by atoms with Crippen molar-refractivity contribution in [3.05, 3.63) is 48.5 Å². The average Bonchev–Trinajstić information content (AvgIpc) is 2.95. The highest BCUT2D eigenvalue weighted by Crippen LogP contribution is 2.15. The maximum absolute atomic E-state index is 11.8. The van der Waals surface area contributed by atoms with Gasteiger partial charge < -0.3 is 5.32 Å². The molecule has 0 spiro atoms. The Hall–Kier alpha value is -2.48. The molecule has 0 aliphatic heterocycles. The zero-order valence-corrected chi connectivity index (χ0v) is 11.8. The molecule has 21 heavy (non-hydrogen) atoms. The van der Waals surface area contributed by atoms with Crippen molar-refractivity contribution in [3.8, 4) is 0 Å². The Kier molecular flexibility index (Phi) is 4.06. The highest BCUT2D eigenvalue weighted by atomic mass is 32.2. The molecule has 0 aromatic carbocycles. The number of carbonyl (C=O) groups excluding carboxylic acids is 1. The van der Waals surface area contributed by atoms with Crippen LogP contribution in [0.3, 0.4) is 0 Å². The predicted molar refractivity (Wildman–Crippen MR) is 77.6 cm³/mol. The number of pyridine rings is 1. The van der Waals surface area contributed by atoms with E-state index < -0.39 is 0 Å². The number of nitrogens with one attached hydrogen (secondary N) is 1. The van der Waals surface area contributed by atoms with Gasteiger partial charge in [0.1, 0.15) is 0 Å². The van der Waals surface area contributed by atoms with Crippen molar-refractivity contribution in [2.75, 3.05) is 5.75 Å². The molecule has 7 nitrogen and oxygen atoms in total. The lowest BCUT2D eigenvalue weighted by atomic mass is 10.3. The Morgan fingerprint density at radius 3 is 3.10 bits per heavy atom. The van der Waals surface area contributed by atoms with E-state index in [0.29, 0.717) is 17.5 Å². The van der Waals surface area contributed by atoms with E-state index in [9.17, 15) is 4.79 Å². The molecule has 3 aromatic rings. The van der Waals surface area contributed by atoms with Crippen LogP contribution < -0.4 is 5.32 Å². The zero-order valence-electron chi connectivity index (χ0n) is 11.0. The van der Waals surface area contributed by atoms with Crippen molar-refractivity contribution >= 4 is 23.4 Å². The quantitative estimate of drug-likeness (QED) is 0.706. The molecule has 0 saturated carbocycles. The lowest BCUT2D eigenvalue weighted by molar-refractivity contribution is -0.118. The summed E-state index contributed by atoms with van der Waals surface area (Å²) in [5.41, 5.74) is 0.966. The number of carbonyl (C=O) groups is 1. The van der Waals surface area contributed by atoms with Crippen molar-refractivity contribution < 1.29 is 4.79 Å². The van der Waals surface area contributed by atoms with Gasteiger partial charge in [-0.1, -0.05) is 17.8 Å². The number of aromatic nitrogens is 5. The number of thioether (sulfide) groups is 1. The second kappa shape index (κ2) is 6.31. The van der Waals surface area contributed by atoms with Gasteiger partial charge in [0.05, 0.1) is 5.75 Å². The van der Waals surface area contributed by atoms with E-state index in [4.69, 9.17) is 0 Å². The Morgan fingerprint density at radius 1 is 1.29 bits per heavy atom. The first-order chi connectivity index (χ1) is 10.3. The van der Waals surface area contributed by atoms with Gasteiger partial charge in [0.25, 0.3) is 5.78 Å². The van der Waals surface area contributed by atoms with Gasteiger partial charge in [-0.2, -0.15) is 0 Å². The first-order valence-electron chi connectivity index (χ1n) is 6.27. The minimum absolute atomic E-state index is 0.0653. The van der Waals surface area contributed by atoms with E-state index in [1.807, 2.05) is 18.3 Å². The van der Waals surface area contributed by atoms with Crippen LogP contribution in [0.1, 0.15) is 5.56 Å². The fourth-order valence-electron chi connectivity index (χ4n) is 1.70. The van der Waals surface area contributed by atoms with Crippen molar-refractivity contribution in [1.29, 1.82) is 0 Å². The topological polar surface area (TPSA) is 85.1 Å². The summed E-state index contributed by atoms with van der Waals surface area (Å²) in [5, 5.41) is 11.4. The van der Waals surface area contributed by atoms with E-state index in [1.54, 1.807) is 29.1 Å². The van der Waals surface area contributed by atoms with Gasteiger partial charge in [-0.05, 0) is 17.7 Å². The van der Waals surface area contributed by atoms with Gasteiger partial charge >= 0.3 is 0 Å². The van der Waals surface area contributed by atoms with Gasteiger partial charge in [0, 0.05) is 31.3 Å². The van der Waals surface area contributed by atoms with Crippen LogP contribution in [0.25, 0.3) is 5.78 Å². The van der Waals surface area contributed by atoms with Crippen LogP contribution >= 0.6 is 11.8 Å². The Labute approximate surface area is 124 Å². The second-order valence-electron chi connectivity index (χ2n) is 4.20. The summed E-state index contributed by atoms with van der Waals surface area (Å²) in [4.78, 5) is 19.9. The SMILES string of the molecule is O=C(CSc1nnc2ncccn12)NCc1cccnc1. The molecule has 0 aliphatic carbocycles. The van der Waals surface area contributed by atoms with E-state index in [0.717, 1.165) is 5.56 Å². The minimum Gasteiger partial charge on any atom is -0.351 e. The monoisotopic (exact) mass is 300 g/mol. The molecule has 0 saturated heterocycles. The summed E-state index contributed by atoms with van der Waals surface area (Å²) in [6.45, 7) is 0.468. The van der Waals surface area contributed by atoms with Crippen LogP contribution in [0.4, 0.5) is 0 Å². The summed E-state index contributed by atoms with van der Waals surface area (Å²) < 4.78 is 1.75. The molecule has 3 rings (SSSR count). The molecule has 3 heterocycles. The number of nitrogens with zero attached hydrogens (tertiary/aromatic N) is 5. The third-order valence-electron chi connectivity index (χ3n) is 2.70. The van der Waals surface area contributed by atoms with E-state index in [2.05, 4.69) is 25.5 Å². The van der Waals surface area contributed by atoms with Crippen molar-refractivity contribution in [2.45, 2.75) is 11.7 Å². The van der Waals surface area contributed by atoms with Crippen LogP contribution in [0.5, 0.6) is 0 Å². The predicted octanol–water partition coefficient (Wildman–Crippen LogP) is 0.928. The van der Waals surface area contributed by atoms with Crippen molar-refractivity contribution in [2.24, 2.45) is 0 Å². The highest BCUT2D eigenvalue weighted by molar-refractivity contribution is 7.99. The standard InChI is InChI=1S/C13H12N6OS/c20-11(16-8-10-3-1-4-14-7-10)9-21-13-18-17-12-15-5-2-6-19(12)13/h1-7H,8-9H2,(H,16,20). The lowest BCUT2D eigenvalue weighted by Gasteiger charge is -2.04. The molecule has 8 heteroatoms. The molecule has 0 aliphatic rings. The molecule has 1 N–H and O–H groups in total. The Bertz CT molecular complexity index is 745.